The summed E-state index contributed by atoms with van der Waals surface area (Å²) in [5.74, 6) is 0.881. The molecule has 1 aliphatic rings. The molecule has 1 aromatic carbocycles. The highest BCUT2D eigenvalue weighted by molar-refractivity contribution is 5.94. The number of morpholine rings is 1. The van der Waals surface area contributed by atoms with Gasteiger partial charge >= 0.3 is 0 Å². The summed E-state index contributed by atoms with van der Waals surface area (Å²) in [6.45, 7) is 6.83. The van der Waals surface area contributed by atoms with Gasteiger partial charge in [-0.1, -0.05) is 6.07 Å². The summed E-state index contributed by atoms with van der Waals surface area (Å²) >= 11 is 0. The summed E-state index contributed by atoms with van der Waals surface area (Å²) in [5, 5.41) is 1.24. The average molecular weight is 361 g/mol. The third kappa shape index (κ3) is 3.22. The fourth-order valence-electron chi connectivity index (χ4n) is 3.85. The number of aromatic nitrogens is 4. The van der Waals surface area contributed by atoms with E-state index < -0.39 is 0 Å². The molecule has 0 radical (unpaired) electrons. The van der Waals surface area contributed by atoms with Gasteiger partial charge in [0.2, 0.25) is 0 Å². The van der Waals surface area contributed by atoms with Crippen molar-refractivity contribution in [2.24, 2.45) is 0 Å². The van der Waals surface area contributed by atoms with E-state index in [1.54, 1.807) is 0 Å². The molecule has 0 saturated carbocycles. The second kappa shape index (κ2) is 6.79. The molecule has 2 N–H and O–H groups in total. The van der Waals surface area contributed by atoms with E-state index >= 15 is 0 Å². The fraction of sp³-hybridized carbons (Fsp3) is 0.333. The third-order valence-electron chi connectivity index (χ3n) is 5.31. The summed E-state index contributed by atoms with van der Waals surface area (Å²) in [6, 6.07) is 11.0. The smallest absolute Gasteiger partial charge is 0.178 e. The lowest BCUT2D eigenvalue weighted by Gasteiger charge is -2.26. The van der Waals surface area contributed by atoms with Crippen LogP contribution in [0.1, 0.15) is 11.4 Å². The van der Waals surface area contributed by atoms with Crippen LogP contribution in [0.3, 0.4) is 0 Å². The van der Waals surface area contributed by atoms with Crippen molar-refractivity contribution < 1.29 is 4.74 Å². The highest BCUT2D eigenvalue weighted by Crippen LogP contribution is 2.29. The highest BCUT2D eigenvalue weighted by atomic mass is 16.5. The first kappa shape index (κ1) is 16.5. The second-order valence-electron chi connectivity index (χ2n) is 7.19. The lowest BCUT2D eigenvalue weighted by Crippen LogP contribution is -2.37. The number of pyridine rings is 1. The number of aromatic amines is 2. The number of H-pyrrole nitrogens is 2. The van der Waals surface area contributed by atoms with Crippen molar-refractivity contribution in [1.82, 2.24) is 24.8 Å². The van der Waals surface area contributed by atoms with Gasteiger partial charge in [0.15, 0.2) is 5.65 Å². The molecule has 0 spiro atoms. The van der Waals surface area contributed by atoms with Crippen LogP contribution >= 0.6 is 0 Å². The molecule has 0 atom stereocenters. The maximum absolute atomic E-state index is 5.43. The van der Waals surface area contributed by atoms with Gasteiger partial charge in [-0.25, -0.2) is 9.97 Å². The van der Waals surface area contributed by atoms with Crippen LogP contribution in [0.15, 0.2) is 36.5 Å². The lowest BCUT2D eigenvalue weighted by atomic mass is 10.1. The number of fused-ring (bicyclic) bond motifs is 2. The molecule has 27 heavy (non-hydrogen) atoms. The fourth-order valence-corrected chi connectivity index (χ4v) is 3.85. The molecule has 0 amide bonds. The molecule has 1 aliphatic heterocycles. The monoisotopic (exact) mass is 361 g/mol. The predicted octanol–water partition coefficient (Wildman–Crippen LogP) is 3.29. The number of aryl methyl sites for hydroxylation is 1. The SMILES string of the molecule is Cc1nc2nccc(-c3cc4cc(CCN5CCOCC5)ccc4[nH]3)c2[nH]1. The Hall–Kier alpha value is -2.70. The summed E-state index contributed by atoms with van der Waals surface area (Å²) in [4.78, 5) is 18.1. The van der Waals surface area contributed by atoms with E-state index in [0.29, 0.717) is 0 Å². The van der Waals surface area contributed by atoms with Gasteiger partial charge in [0.1, 0.15) is 5.82 Å². The van der Waals surface area contributed by atoms with Crippen molar-refractivity contribution in [3.63, 3.8) is 0 Å². The molecule has 1 fully saturated rings. The zero-order chi connectivity index (χ0) is 18.2. The number of hydrogen-bond acceptors (Lipinski definition) is 4. The molecule has 0 aliphatic carbocycles. The Kier molecular flexibility index (Phi) is 4.14. The maximum atomic E-state index is 5.43. The third-order valence-corrected chi connectivity index (χ3v) is 5.31. The molecule has 3 aromatic heterocycles. The summed E-state index contributed by atoms with van der Waals surface area (Å²) in [6.07, 6.45) is 2.88. The number of hydrogen-bond donors (Lipinski definition) is 2. The topological polar surface area (TPSA) is 69.8 Å². The number of nitrogens with one attached hydrogen (secondary N) is 2. The number of ether oxygens (including phenoxy) is 1. The van der Waals surface area contributed by atoms with Crippen LogP contribution < -0.4 is 0 Å². The Morgan fingerprint density at radius 3 is 2.89 bits per heavy atom. The van der Waals surface area contributed by atoms with Crippen LogP contribution in [-0.4, -0.2) is 57.7 Å². The first-order valence-corrected chi connectivity index (χ1v) is 9.50. The summed E-state index contributed by atoms with van der Waals surface area (Å²) < 4.78 is 5.43. The van der Waals surface area contributed by atoms with Crippen LogP contribution in [0.5, 0.6) is 0 Å². The Bertz CT molecular complexity index is 1090. The second-order valence-corrected chi connectivity index (χ2v) is 7.19. The van der Waals surface area contributed by atoms with Crippen LogP contribution in [0, 0.1) is 6.92 Å². The Balaban J connectivity index is 1.43. The van der Waals surface area contributed by atoms with E-state index in [9.17, 15) is 0 Å². The first-order chi connectivity index (χ1) is 13.3. The van der Waals surface area contributed by atoms with E-state index in [2.05, 4.69) is 49.1 Å². The minimum atomic E-state index is 0.759. The molecule has 6 nitrogen and oxygen atoms in total. The quantitative estimate of drug-likeness (QED) is 0.585. The van der Waals surface area contributed by atoms with E-state index in [0.717, 1.165) is 73.0 Å². The molecule has 4 heterocycles. The normalized spacial score (nSPS) is 15.7. The molecule has 138 valence electrons. The minimum Gasteiger partial charge on any atom is -0.379 e. The molecule has 6 heteroatoms. The molecule has 1 saturated heterocycles. The average Bonchev–Trinajstić information content (AvgIpc) is 3.28. The van der Waals surface area contributed by atoms with Crippen molar-refractivity contribution in [2.75, 3.05) is 32.8 Å². The van der Waals surface area contributed by atoms with Crippen LogP contribution in [0.4, 0.5) is 0 Å². The van der Waals surface area contributed by atoms with Crippen LogP contribution in [0.25, 0.3) is 33.3 Å². The largest absolute Gasteiger partial charge is 0.379 e. The van der Waals surface area contributed by atoms with Crippen molar-refractivity contribution in [3.05, 3.63) is 47.9 Å². The van der Waals surface area contributed by atoms with E-state index in [-0.39, 0.29) is 0 Å². The minimum absolute atomic E-state index is 0.759. The van der Waals surface area contributed by atoms with Gasteiger partial charge in [0, 0.05) is 48.0 Å². The van der Waals surface area contributed by atoms with Crippen molar-refractivity contribution in [2.45, 2.75) is 13.3 Å². The summed E-state index contributed by atoms with van der Waals surface area (Å²) in [5.41, 5.74) is 6.46. The molecule has 0 unspecified atom stereocenters. The number of rotatable bonds is 4. The first-order valence-electron chi connectivity index (χ1n) is 9.50. The zero-order valence-electron chi connectivity index (χ0n) is 15.5. The van der Waals surface area contributed by atoms with Gasteiger partial charge < -0.3 is 14.7 Å². The lowest BCUT2D eigenvalue weighted by molar-refractivity contribution is 0.0384. The zero-order valence-corrected chi connectivity index (χ0v) is 15.5. The van der Waals surface area contributed by atoms with Crippen LogP contribution in [0.2, 0.25) is 0 Å². The Morgan fingerprint density at radius 2 is 2.00 bits per heavy atom. The standard InChI is InChI=1S/C21H23N5O/c1-14-23-20-17(4-6-22-21(20)24-14)19-13-16-12-15(2-3-18(16)25-19)5-7-26-8-10-27-11-9-26/h2-4,6,12-13,25H,5,7-11H2,1H3,(H,22,23,24). The molecule has 5 rings (SSSR count). The van der Waals surface area contributed by atoms with Crippen molar-refractivity contribution in [3.8, 4) is 11.3 Å². The predicted molar refractivity (Wildman–Crippen MR) is 107 cm³/mol. The maximum Gasteiger partial charge on any atom is 0.178 e. The number of imidazole rings is 1. The van der Waals surface area contributed by atoms with Crippen molar-refractivity contribution in [1.29, 1.82) is 0 Å². The van der Waals surface area contributed by atoms with Gasteiger partial charge in [-0.15, -0.1) is 0 Å². The van der Waals surface area contributed by atoms with Gasteiger partial charge in [0.25, 0.3) is 0 Å². The van der Waals surface area contributed by atoms with Crippen LogP contribution in [-0.2, 0) is 11.2 Å². The molecular weight excluding hydrogens is 338 g/mol. The Labute approximate surface area is 157 Å². The van der Waals surface area contributed by atoms with E-state index in [4.69, 9.17) is 4.74 Å². The van der Waals surface area contributed by atoms with Gasteiger partial charge in [-0.3, -0.25) is 4.90 Å². The molecular formula is C21H23N5O. The Morgan fingerprint density at radius 1 is 1.11 bits per heavy atom. The van der Waals surface area contributed by atoms with E-state index in [1.807, 2.05) is 19.2 Å². The number of benzene rings is 1. The molecule has 0 bridgehead atoms. The highest BCUT2D eigenvalue weighted by Gasteiger charge is 2.12. The molecule has 4 aromatic rings. The van der Waals surface area contributed by atoms with Gasteiger partial charge in [-0.2, -0.15) is 0 Å². The number of nitrogens with zero attached hydrogens (tertiary/aromatic N) is 3. The van der Waals surface area contributed by atoms with E-state index in [1.165, 1.54) is 10.9 Å². The van der Waals surface area contributed by atoms with Gasteiger partial charge in [0.05, 0.1) is 18.7 Å². The van der Waals surface area contributed by atoms with Gasteiger partial charge in [-0.05, 0) is 43.2 Å². The van der Waals surface area contributed by atoms with Crippen molar-refractivity contribution >= 4 is 22.1 Å². The summed E-state index contributed by atoms with van der Waals surface area (Å²) in [7, 11) is 0.